The van der Waals surface area contributed by atoms with E-state index in [9.17, 15) is 0 Å². The Kier molecular flexibility index (Phi) is 5.07. The van der Waals surface area contributed by atoms with E-state index in [4.69, 9.17) is 18.6 Å². The van der Waals surface area contributed by atoms with Crippen molar-refractivity contribution < 1.29 is 18.6 Å². The fourth-order valence-electron chi connectivity index (χ4n) is 5.47. The van der Waals surface area contributed by atoms with Crippen LogP contribution in [0.25, 0.3) is 10.9 Å². The Hall–Kier alpha value is -1.47. The number of ether oxygens (including phenoxy) is 3. The van der Waals surface area contributed by atoms with E-state index in [1.54, 1.807) is 0 Å². The van der Waals surface area contributed by atoms with Crippen molar-refractivity contribution in [1.82, 2.24) is 4.98 Å². The summed E-state index contributed by atoms with van der Waals surface area (Å²) in [6, 6.07) is 10.2. The van der Waals surface area contributed by atoms with Crippen LogP contribution in [0, 0.1) is 5.41 Å². The molecular weight excluding hydrogens is 418 g/mol. The summed E-state index contributed by atoms with van der Waals surface area (Å²) in [5.74, 6) is 0.330. The summed E-state index contributed by atoms with van der Waals surface area (Å²) in [7, 11) is -1.91. The monoisotopic (exact) mass is 455 g/mol. The molecule has 6 heteroatoms. The Morgan fingerprint density at radius 1 is 1.06 bits per heavy atom. The molecule has 2 aliphatic carbocycles. The van der Waals surface area contributed by atoms with E-state index in [1.165, 1.54) is 0 Å². The average molecular weight is 456 g/mol. The fraction of sp³-hybridized carbons (Fsp3) is 0.654. The molecule has 0 unspecified atom stereocenters. The first kappa shape index (κ1) is 22.3. The van der Waals surface area contributed by atoms with Crippen molar-refractivity contribution in [2.75, 3.05) is 0 Å². The van der Waals surface area contributed by atoms with Gasteiger partial charge in [0.25, 0.3) is 0 Å². The molecule has 2 saturated carbocycles. The van der Waals surface area contributed by atoms with E-state index < -0.39 is 14.1 Å². The summed E-state index contributed by atoms with van der Waals surface area (Å²) in [6.45, 7) is 15.6. The molecule has 2 heterocycles. The molecule has 1 aromatic carbocycles. The molecule has 1 saturated heterocycles. The van der Waals surface area contributed by atoms with Crippen LogP contribution in [-0.4, -0.2) is 43.5 Å². The minimum Gasteiger partial charge on any atom is -0.490 e. The van der Waals surface area contributed by atoms with Gasteiger partial charge in [0.15, 0.2) is 14.1 Å². The van der Waals surface area contributed by atoms with Crippen molar-refractivity contribution in [3.63, 3.8) is 0 Å². The van der Waals surface area contributed by atoms with Crippen LogP contribution in [0.5, 0.6) is 5.75 Å². The molecule has 1 aromatic heterocycles. The molecule has 1 spiro atoms. The maximum Gasteiger partial charge on any atom is 0.192 e. The molecule has 1 aliphatic heterocycles. The Morgan fingerprint density at radius 3 is 2.53 bits per heavy atom. The second-order valence-corrected chi connectivity index (χ2v) is 16.8. The first-order valence-corrected chi connectivity index (χ1v) is 14.8. The van der Waals surface area contributed by atoms with Gasteiger partial charge in [-0.15, -0.1) is 0 Å². The van der Waals surface area contributed by atoms with Gasteiger partial charge >= 0.3 is 0 Å². The lowest BCUT2D eigenvalue weighted by molar-refractivity contribution is -0.190. The maximum absolute atomic E-state index is 6.89. The van der Waals surface area contributed by atoms with Gasteiger partial charge in [0.05, 0.1) is 23.8 Å². The number of rotatable bonds is 4. The van der Waals surface area contributed by atoms with Crippen LogP contribution in [0.1, 0.15) is 53.9 Å². The van der Waals surface area contributed by atoms with Crippen LogP contribution in [0.4, 0.5) is 0 Å². The van der Waals surface area contributed by atoms with Gasteiger partial charge < -0.3 is 18.6 Å². The van der Waals surface area contributed by atoms with Gasteiger partial charge in [0.1, 0.15) is 11.9 Å². The lowest BCUT2D eigenvalue weighted by atomic mass is 9.64. The van der Waals surface area contributed by atoms with Crippen molar-refractivity contribution in [1.29, 1.82) is 0 Å². The Balaban J connectivity index is 1.31. The topological polar surface area (TPSA) is 49.8 Å². The summed E-state index contributed by atoms with van der Waals surface area (Å²) < 4.78 is 26.1. The number of fused-ring (bicyclic) bond motifs is 3. The third-order valence-corrected chi connectivity index (χ3v) is 12.6. The molecule has 3 fully saturated rings. The van der Waals surface area contributed by atoms with Crippen LogP contribution in [0.2, 0.25) is 18.1 Å². The second-order valence-electron chi connectivity index (χ2n) is 12.0. The fourth-order valence-corrected chi connectivity index (χ4v) is 6.80. The minimum atomic E-state index is -1.91. The van der Waals surface area contributed by atoms with E-state index in [0.29, 0.717) is 0 Å². The molecule has 0 amide bonds. The Morgan fingerprint density at radius 2 is 1.81 bits per heavy atom. The van der Waals surface area contributed by atoms with Crippen molar-refractivity contribution in [2.24, 2.45) is 5.41 Å². The van der Waals surface area contributed by atoms with E-state index in [2.05, 4.69) is 51.0 Å². The highest BCUT2D eigenvalue weighted by Crippen LogP contribution is 2.60. The lowest BCUT2D eigenvalue weighted by Gasteiger charge is -2.48. The quantitative estimate of drug-likeness (QED) is 0.523. The Labute approximate surface area is 192 Å². The highest BCUT2D eigenvalue weighted by Gasteiger charge is 2.67. The van der Waals surface area contributed by atoms with Crippen LogP contribution in [0.3, 0.4) is 0 Å². The third kappa shape index (κ3) is 3.79. The molecule has 5 nitrogen and oxygen atoms in total. The summed E-state index contributed by atoms with van der Waals surface area (Å²) in [5.41, 5.74) is 1.04. The zero-order chi connectivity index (χ0) is 22.9. The molecule has 0 radical (unpaired) electrons. The number of nitrogens with zero attached hydrogens (tertiary/aromatic N) is 1. The van der Waals surface area contributed by atoms with Gasteiger partial charge in [-0.1, -0.05) is 26.8 Å². The zero-order valence-electron chi connectivity index (χ0n) is 20.5. The van der Waals surface area contributed by atoms with Crippen molar-refractivity contribution in [3.05, 3.63) is 36.5 Å². The molecule has 32 heavy (non-hydrogen) atoms. The van der Waals surface area contributed by atoms with Crippen LogP contribution < -0.4 is 4.74 Å². The number of hydrogen-bond donors (Lipinski definition) is 0. The highest BCUT2D eigenvalue weighted by molar-refractivity contribution is 6.74. The molecule has 3 atom stereocenters. The molecule has 174 valence electrons. The maximum atomic E-state index is 6.89. The predicted molar refractivity (Wildman–Crippen MR) is 128 cm³/mol. The van der Waals surface area contributed by atoms with Gasteiger partial charge in [0.2, 0.25) is 0 Å². The van der Waals surface area contributed by atoms with Crippen molar-refractivity contribution in [3.8, 4) is 5.75 Å². The number of pyridine rings is 1. The standard InChI is InChI=1S/C26H37NO4Si/c1-24(2,3)32(6,7)31-21-16-26(23-22(21)29-25(4,5)30-23)14-19(15-26)28-18-11-10-17-9-8-12-27-20(17)13-18/h8-13,19,21-23H,14-16H2,1-7H3/t19-,21-,22-,23-,26-/m0/s1. The number of hydrogen-bond acceptors (Lipinski definition) is 5. The summed E-state index contributed by atoms with van der Waals surface area (Å²) in [4.78, 5) is 4.46. The van der Waals surface area contributed by atoms with Gasteiger partial charge in [-0.25, -0.2) is 0 Å². The third-order valence-electron chi connectivity index (χ3n) is 8.11. The summed E-state index contributed by atoms with van der Waals surface area (Å²) in [6.07, 6.45) is 5.13. The van der Waals surface area contributed by atoms with E-state index in [0.717, 1.165) is 35.9 Å². The first-order valence-electron chi connectivity index (χ1n) is 11.9. The minimum absolute atomic E-state index is 0.00458. The predicted octanol–water partition coefficient (Wildman–Crippen LogP) is 6.08. The van der Waals surface area contributed by atoms with Gasteiger partial charge in [-0.2, -0.15) is 0 Å². The average Bonchev–Trinajstić information content (AvgIpc) is 3.12. The first-order chi connectivity index (χ1) is 14.9. The molecule has 0 N–H and O–H groups in total. The van der Waals surface area contributed by atoms with E-state index in [1.807, 2.05) is 38.2 Å². The normalized spacial score (nSPS) is 34.0. The zero-order valence-corrected chi connectivity index (χ0v) is 21.5. The Bertz CT molecular complexity index is 1010. The van der Waals surface area contributed by atoms with Crippen molar-refractivity contribution >= 4 is 19.2 Å². The van der Waals surface area contributed by atoms with Crippen LogP contribution in [0.15, 0.2) is 36.5 Å². The summed E-state index contributed by atoms with van der Waals surface area (Å²) >= 11 is 0. The van der Waals surface area contributed by atoms with Crippen LogP contribution in [-0.2, 0) is 13.9 Å². The SMILES string of the molecule is CC1(C)O[C@H]2[C@@H](O[Si](C)(C)C(C)(C)C)C[C@]3(C[C@@H](Oc4ccc5cccnc5c4)C3)[C@H]2O1. The molecular formula is C26H37NO4Si. The molecule has 5 rings (SSSR count). The smallest absolute Gasteiger partial charge is 0.192 e. The largest absolute Gasteiger partial charge is 0.490 e. The molecule has 0 bridgehead atoms. The van der Waals surface area contributed by atoms with Gasteiger partial charge in [0, 0.05) is 23.1 Å². The van der Waals surface area contributed by atoms with Gasteiger partial charge in [-0.05, 0) is 69.4 Å². The lowest BCUT2D eigenvalue weighted by Crippen LogP contribution is -2.50. The molecule has 3 aliphatic rings. The van der Waals surface area contributed by atoms with Gasteiger partial charge in [-0.3, -0.25) is 4.98 Å². The van der Waals surface area contributed by atoms with Crippen LogP contribution >= 0.6 is 0 Å². The highest BCUT2D eigenvalue weighted by atomic mass is 28.4. The van der Waals surface area contributed by atoms with Crippen molar-refractivity contribution in [2.45, 2.75) is 102 Å². The molecule has 2 aromatic rings. The van der Waals surface area contributed by atoms with E-state index in [-0.39, 0.29) is 34.9 Å². The second kappa shape index (κ2) is 7.26. The number of benzene rings is 1. The number of aromatic nitrogens is 1. The summed E-state index contributed by atoms with van der Waals surface area (Å²) in [5, 5.41) is 1.30. The van der Waals surface area contributed by atoms with E-state index >= 15 is 0 Å².